The van der Waals surface area contributed by atoms with Crippen LogP contribution in [-0.4, -0.2) is 16.7 Å². The van der Waals surface area contributed by atoms with Crippen LogP contribution in [0.25, 0.3) is 11.5 Å². The second kappa shape index (κ2) is 5.10. The number of nitrogens with zero attached hydrogens (tertiary/aromatic N) is 2. The summed E-state index contributed by atoms with van der Waals surface area (Å²) in [5.41, 5.74) is 3.35. The van der Waals surface area contributed by atoms with Crippen molar-refractivity contribution in [1.82, 2.24) is 15.5 Å². The van der Waals surface area contributed by atoms with Crippen molar-refractivity contribution < 1.29 is 4.42 Å². The smallest absolute Gasteiger partial charge is 0.248 e. The first-order valence-electron chi connectivity index (χ1n) is 5.81. The number of benzene rings is 1. The average molecular weight is 231 g/mol. The van der Waals surface area contributed by atoms with Crippen molar-refractivity contribution >= 4 is 0 Å². The van der Waals surface area contributed by atoms with E-state index in [1.165, 1.54) is 5.56 Å². The molecule has 0 unspecified atom stereocenters. The predicted octanol–water partition coefficient (Wildman–Crippen LogP) is 2.46. The van der Waals surface area contributed by atoms with Crippen molar-refractivity contribution in [1.29, 1.82) is 0 Å². The number of aryl methyl sites for hydroxylation is 2. The summed E-state index contributed by atoms with van der Waals surface area (Å²) >= 11 is 0. The molecule has 2 aromatic rings. The molecule has 1 aromatic heterocycles. The van der Waals surface area contributed by atoms with Gasteiger partial charge in [0, 0.05) is 5.56 Å². The molecule has 17 heavy (non-hydrogen) atoms. The molecule has 0 atom stereocenters. The first-order chi connectivity index (χ1) is 8.20. The van der Waals surface area contributed by atoms with E-state index >= 15 is 0 Å². The predicted molar refractivity (Wildman–Crippen MR) is 66.6 cm³/mol. The van der Waals surface area contributed by atoms with Crippen LogP contribution in [0, 0.1) is 13.8 Å². The third-order valence-corrected chi connectivity index (χ3v) is 2.62. The zero-order valence-corrected chi connectivity index (χ0v) is 10.4. The molecular formula is C13H17N3O. The number of hydrogen-bond acceptors (Lipinski definition) is 4. The van der Waals surface area contributed by atoms with Crippen LogP contribution < -0.4 is 5.32 Å². The third-order valence-electron chi connectivity index (χ3n) is 2.62. The van der Waals surface area contributed by atoms with Gasteiger partial charge < -0.3 is 9.73 Å². The van der Waals surface area contributed by atoms with E-state index in [1.807, 2.05) is 13.8 Å². The number of aromatic nitrogens is 2. The largest absolute Gasteiger partial charge is 0.419 e. The Hall–Kier alpha value is -1.68. The van der Waals surface area contributed by atoms with Crippen LogP contribution in [0.5, 0.6) is 0 Å². The summed E-state index contributed by atoms with van der Waals surface area (Å²) < 4.78 is 5.62. The van der Waals surface area contributed by atoms with E-state index in [0.29, 0.717) is 18.3 Å². The topological polar surface area (TPSA) is 51.0 Å². The molecule has 90 valence electrons. The first kappa shape index (κ1) is 11.8. The SMILES string of the molecule is CCNCc1nnc(-c2cc(C)ccc2C)o1. The highest BCUT2D eigenvalue weighted by Gasteiger charge is 2.10. The summed E-state index contributed by atoms with van der Waals surface area (Å²) in [5, 5.41) is 11.3. The van der Waals surface area contributed by atoms with Crippen LogP contribution in [0.1, 0.15) is 23.9 Å². The van der Waals surface area contributed by atoms with Gasteiger partial charge in [-0.05, 0) is 32.0 Å². The van der Waals surface area contributed by atoms with Crippen LogP contribution in [0.15, 0.2) is 22.6 Å². The summed E-state index contributed by atoms with van der Waals surface area (Å²) in [6, 6.07) is 6.22. The van der Waals surface area contributed by atoms with Gasteiger partial charge in [0.2, 0.25) is 11.8 Å². The average Bonchev–Trinajstić information content (AvgIpc) is 2.78. The highest BCUT2D eigenvalue weighted by Crippen LogP contribution is 2.23. The zero-order chi connectivity index (χ0) is 12.3. The van der Waals surface area contributed by atoms with Crippen molar-refractivity contribution in [3.63, 3.8) is 0 Å². The Morgan fingerprint density at radius 2 is 2.06 bits per heavy atom. The Morgan fingerprint density at radius 3 is 2.82 bits per heavy atom. The number of rotatable bonds is 4. The van der Waals surface area contributed by atoms with Gasteiger partial charge in [0.15, 0.2) is 0 Å². The van der Waals surface area contributed by atoms with Gasteiger partial charge in [-0.3, -0.25) is 0 Å². The lowest BCUT2D eigenvalue weighted by molar-refractivity contribution is 0.482. The molecule has 4 heteroatoms. The fraction of sp³-hybridized carbons (Fsp3) is 0.385. The minimum Gasteiger partial charge on any atom is -0.419 e. The third kappa shape index (κ3) is 2.71. The molecule has 0 saturated carbocycles. The highest BCUT2D eigenvalue weighted by atomic mass is 16.4. The van der Waals surface area contributed by atoms with E-state index in [1.54, 1.807) is 0 Å². The summed E-state index contributed by atoms with van der Waals surface area (Å²) in [6.45, 7) is 7.65. The maximum atomic E-state index is 5.62. The van der Waals surface area contributed by atoms with Gasteiger partial charge in [-0.15, -0.1) is 10.2 Å². The monoisotopic (exact) mass is 231 g/mol. The lowest BCUT2D eigenvalue weighted by atomic mass is 10.1. The molecule has 1 N–H and O–H groups in total. The fourth-order valence-electron chi connectivity index (χ4n) is 1.63. The van der Waals surface area contributed by atoms with Crippen LogP contribution in [0.2, 0.25) is 0 Å². The van der Waals surface area contributed by atoms with E-state index in [-0.39, 0.29) is 0 Å². The minimum atomic E-state index is 0.596. The highest BCUT2D eigenvalue weighted by molar-refractivity contribution is 5.59. The lowest BCUT2D eigenvalue weighted by Gasteiger charge is -2.01. The molecule has 0 aliphatic rings. The standard InChI is InChI=1S/C13H17N3O/c1-4-14-8-12-15-16-13(17-12)11-7-9(2)5-6-10(11)3/h5-7,14H,4,8H2,1-3H3. The number of hydrogen-bond donors (Lipinski definition) is 1. The molecule has 1 heterocycles. The van der Waals surface area contributed by atoms with Crippen LogP contribution in [-0.2, 0) is 6.54 Å². The molecule has 0 radical (unpaired) electrons. The lowest BCUT2D eigenvalue weighted by Crippen LogP contribution is -2.11. The molecule has 0 amide bonds. The van der Waals surface area contributed by atoms with E-state index in [9.17, 15) is 0 Å². The van der Waals surface area contributed by atoms with Gasteiger partial charge in [-0.2, -0.15) is 0 Å². The van der Waals surface area contributed by atoms with E-state index in [2.05, 4.69) is 40.6 Å². The Balaban J connectivity index is 2.27. The summed E-state index contributed by atoms with van der Waals surface area (Å²) in [6.07, 6.45) is 0. The molecule has 0 bridgehead atoms. The van der Waals surface area contributed by atoms with Gasteiger partial charge in [0.05, 0.1) is 6.54 Å². The van der Waals surface area contributed by atoms with E-state index in [4.69, 9.17) is 4.42 Å². The van der Waals surface area contributed by atoms with Gasteiger partial charge in [-0.25, -0.2) is 0 Å². The van der Waals surface area contributed by atoms with Crippen molar-refractivity contribution in [3.05, 3.63) is 35.2 Å². The van der Waals surface area contributed by atoms with E-state index < -0.39 is 0 Å². The summed E-state index contributed by atoms with van der Waals surface area (Å²) in [7, 11) is 0. The molecule has 0 fully saturated rings. The van der Waals surface area contributed by atoms with Crippen LogP contribution >= 0.6 is 0 Å². The Labute approximate surface area is 101 Å². The Bertz CT molecular complexity index is 505. The molecule has 0 spiro atoms. The van der Waals surface area contributed by atoms with E-state index in [0.717, 1.165) is 17.7 Å². The Morgan fingerprint density at radius 1 is 1.24 bits per heavy atom. The first-order valence-corrected chi connectivity index (χ1v) is 5.81. The van der Waals surface area contributed by atoms with Gasteiger partial charge in [0.25, 0.3) is 0 Å². The summed E-state index contributed by atoms with van der Waals surface area (Å²) in [4.78, 5) is 0. The van der Waals surface area contributed by atoms with Crippen molar-refractivity contribution in [2.24, 2.45) is 0 Å². The van der Waals surface area contributed by atoms with Crippen molar-refractivity contribution in [2.45, 2.75) is 27.3 Å². The molecule has 4 nitrogen and oxygen atoms in total. The minimum absolute atomic E-state index is 0.596. The summed E-state index contributed by atoms with van der Waals surface area (Å²) in [5.74, 6) is 1.22. The van der Waals surface area contributed by atoms with Crippen LogP contribution in [0.4, 0.5) is 0 Å². The van der Waals surface area contributed by atoms with Gasteiger partial charge >= 0.3 is 0 Å². The molecular weight excluding hydrogens is 214 g/mol. The Kier molecular flexibility index (Phi) is 3.54. The zero-order valence-electron chi connectivity index (χ0n) is 10.4. The van der Waals surface area contributed by atoms with Gasteiger partial charge in [-0.1, -0.05) is 24.6 Å². The number of nitrogens with one attached hydrogen (secondary N) is 1. The van der Waals surface area contributed by atoms with Crippen LogP contribution in [0.3, 0.4) is 0 Å². The quantitative estimate of drug-likeness (QED) is 0.878. The van der Waals surface area contributed by atoms with Crippen molar-refractivity contribution in [3.8, 4) is 11.5 Å². The molecule has 1 aromatic carbocycles. The van der Waals surface area contributed by atoms with Crippen molar-refractivity contribution in [2.75, 3.05) is 6.54 Å². The fourth-order valence-corrected chi connectivity index (χ4v) is 1.63. The molecule has 0 saturated heterocycles. The maximum Gasteiger partial charge on any atom is 0.248 e. The van der Waals surface area contributed by atoms with Gasteiger partial charge in [0.1, 0.15) is 0 Å². The second-order valence-corrected chi connectivity index (χ2v) is 4.10. The molecule has 0 aliphatic heterocycles. The maximum absolute atomic E-state index is 5.62. The molecule has 0 aliphatic carbocycles. The molecule has 2 rings (SSSR count). The normalized spacial score (nSPS) is 10.8. The second-order valence-electron chi connectivity index (χ2n) is 4.10.